The number of carbonyl (C=O) groups excluding carboxylic acids is 2. The Kier molecular flexibility index (Phi) is 5.76. The molecular weight excluding hydrogens is 394 g/mol. The van der Waals surface area contributed by atoms with Crippen LogP contribution in [0.2, 0.25) is 0 Å². The Morgan fingerprint density at radius 3 is 2.81 bits per heavy atom. The molecule has 0 spiro atoms. The molecular formula is C17H22ClN3O5S. The van der Waals surface area contributed by atoms with Crippen molar-refractivity contribution in [1.82, 2.24) is 14.9 Å². The number of halogens is 1. The van der Waals surface area contributed by atoms with E-state index in [1.54, 1.807) is 0 Å². The van der Waals surface area contributed by atoms with Crippen LogP contribution in [-0.2, 0) is 14.8 Å². The molecule has 2 saturated heterocycles. The number of hydrogen-bond acceptors (Lipinski definition) is 6. The summed E-state index contributed by atoms with van der Waals surface area (Å²) in [5.74, 6) is -0.885. The summed E-state index contributed by atoms with van der Waals surface area (Å²) in [4.78, 5) is 24.8. The average Bonchev–Trinajstić information content (AvgIpc) is 3.34. The zero-order chi connectivity index (χ0) is 18.3. The van der Waals surface area contributed by atoms with Gasteiger partial charge < -0.3 is 15.4 Å². The van der Waals surface area contributed by atoms with Gasteiger partial charge in [0.25, 0.3) is 21.8 Å². The summed E-state index contributed by atoms with van der Waals surface area (Å²) in [5, 5.41) is 6.04. The molecule has 2 amide bonds. The summed E-state index contributed by atoms with van der Waals surface area (Å²) in [6.45, 7) is 2.14. The van der Waals surface area contributed by atoms with Gasteiger partial charge in [0.2, 0.25) is 0 Å². The number of fused-ring (bicyclic) bond motifs is 1. The van der Waals surface area contributed by atoms with Crippen LogP contribution in [-0.4, -0.2) is 62.9 Å². The fourth-order valence-electron chi connectivity index (χ4n) is 3.62. The first-order valence-electron chi connectivity index (χ1n) is 8.81. The second-order valence-electron chi connectivity index (χ2n) is 6.85. The molecule has 0 radical (unpaired) electrons. The smallest absolute Gasteiger partial charge is 0.269 e. The Morgan fingerprint density at radius 1 is 1.33 bits per heavy atom. The van der Waals surface area contributed by atoms with Gasteiger partial charge in [-0.2, -0.15) is 0 Å². The van der Waals surface area contributed by atoms with Gasteiger partial charge in [-0.05, 0) is 44.0 Å². The maximum absolute atomic E-state index is 12.8. The SMILES string of the molecule is Cl.O=C(NC1CCNC1)c1ccc2c(c1)S(=O)(=O)N(CC1CCCO1)C2=O. The maximum atomic E-state index is 12.8. The molecule has 8 nitrogen and oxygen atoms in total. The van der Waals surface area contributed by atoms with E-state index in [2.05, 4.69) is 10.6 Å². The van der Waals surface area contributed by atoms with Gasteiger partial charge in [-0.25, -0.2) is 12.7 Å². The van der Waals surface area contributed by atoms with Gasteiger partial charge in [0.05, 0.1) is 18.2 Å². The standard InChI is InChI=1S/C17H21N3O5S.ClH/c21-16(19-12-5-6-18-9-12)11-3-4-14-15(8-11)26(23,24)20(17(14)22)10-13-2-1-7-25-13;/h3-4,8,12-13,18H,1-2,5-7,9-10H2,(H,19,21);1H. The average molecular weight is 416 g/mol. The molecule has 4 rings (SSSR count). The molecule has 148 valence electrons. The van der Waals surface area contributed by atoms with Gasteiger partial charge in [0, 0.05) is 24.8 Å². The number of sulfonamides is 1. The van der Waals surface area contributed by atoms with Gasteiger partial charge in [-0.3, -0.25) is 9.59 Å². The van der Waals surface area contributed by atoms with E-state index in [4.69, 9.17) is 4.74 Å². The van der Waals surface area contributed by atoms with Crippen molar-refractivity contribution in [2.75, 3.05) is 26.2 Å². The second kappa shape index (κ2) is 7.75. The predicted molar refractivity (Wildman–Crippen MR) is 99.6 cm³/mol. The molecule has 0 aromatic heterocycles. The highest BCUT2D eigenvalue weighted by Gasteiger charge is 2.43. The summed E-state index contributed by atoms with van der Waals surface area (Å²) < 4.78 is 32.0. The van der Waals surface area contributed by atoms with Crippen molar-refractivity contribution in [3.63, 3.8) is 0 Å². The summed E-state index contributed by atoms with van der Waals surface area (Å²) in [5.41, 5.74) is 0.355. The molecule has 2 fully saturated rings. The molecule has 27 heavy (non-hydrogen) atoms. The van der Waals surface area contributed by atoms with E-state index in [1.165, 1.54) is 18.2 Å². The van der Waals surface area contributed by atoms with Crippen molar-refractivity contribution in [2.24, 2.45) is 0 Å². The predicted octanol–water partition coefficient (Wildman–Crippen LogP) is 0.524. The molecule has 10 heteroatoms. The Labute approximate surface area is 164 Å². The fraction of sp³-hybridized carbons (Fsp3) is 0.529. The third-order valence-electron chi connectivity index (χ3n) is 5.06. The van der Waals surface area contributed by atoms with Crippen molar-refractivity contribution in [3.05, 3.63) is 29.3 Å². The maximum Gasteiger partial charge on any atom is 0.269 e. The molecule has 3 aliphatic heterocycles. The summed E-state index contributed by atoms with van der Waals surface area (Å²) >= 11 is 0. The van der Waals surface area contributed by atoms with E-state index in [9.17, 15) is 18.0 Å². The quantitative estimate of drug-likeness (QED) is 0.743. The highest BCUT2D eigenvalue weighted by molar-refractivity contribution is 7.90. The molecule has 0 bridgehead atoms. The van der Waals surface area contributed by atoms with E-state index in [0.29, 0.717) is 13.2 Å². The van der Waals surface area contributed by atoms with Crippen LogP contribution >= 0.6 is 12.4 Å². The van der Waals surface area contributed by atoms with Crippen molar-refractivity contribution < 1.29 is 22.7 Å². The zero-order valence-corrected chi connectivity index (χ0v) is 16.3. The summed E-state index contributed by atoms with van der Waals surface area (Å²) in [6, 6.07) is 4.26. The first kappa shape index (κ1) is 20.1. The number of rotatable bonds is 4. The van der Waals surface area contributed by atoms with E-state index in [0.717, 1.165) is 30.1 Å². The largest absolute Gasteiger partial charge is 0.376 e. The van der Waals surface area contributed by atoms with Gasteiger partial charge in [0.1, 0.15) is 4.90 Å². The first-order chi connectivity index (χ1) is 12.5. The number of ether oxygens (including phenoxy) is 1. The summed E-state index contributed by atoms with van der Waals surface area (Å²) in [7, 11) is -3.95. The molecule has 2 atom stereocenters. The van der Waals surface area contributed by atoms with Crippen molar-refractivity contribution in [1.29, 1.82) is 0 Å². The number of nitrogens with zero attached hydrogens (tertiary/aromatic N) is 1. The Balaban J connectivity index is 0.00000210. The minimum absolute atomic E-state index is 0. The molecule has 0 saturated carbocycles. The summed E-state index contributed by atoms with van der Waals surface area (Å²) in [6.07, 6.45) is 2.17. The molecule has 3 aliphatic rings. The fourth-order valence-corrected chi connectivity index (χ4v) is 5.24. The van der Waals surface area contributed by atoms with Crippen LogP contribution in [0.15, 0.2) is 23.1 Å². The first-order valence-corrected chi connectivity index (χ1v) is 10.2. The molecule has 1 aromatic carbocycles. The zero-order valence-electron chi connectivity index (χ0n) is 14.6. The van der Waals surface area contributed by atoms with E-state index < -0.39 is 15.9 Å². The molecule has 2 unspecified atom stereocenters. The molecule has 3 heterocycles. The van der Waals surface area contributed by atoms with E-state index in [-0.39, 0.29) is 53.0 Å². The van der Waals surface area contributed by atoms with Crippen LogP contribution in [0.5, 0.6) is 0 Å². The topological polar surface area (TPSA) is 105 Å². The number of amides is 2. The third-order valence-corrected chi connectivity index (χ3v) is 6.85. The highest BCUT2D eigenvalue weighted by Crippen LogP contribution is 2.32. The number of hydrogen-bond donors (Lipinski definition) is 2. The highest BCUT2D eigenvalue weighted by atomic mass is 35.5. The molecule has 2 N–H and O–H groups in total. The van der Waals surface area contributed by atoms with Crippen molar-refractivity contribution in [2.45, 2.75) is 36.3 Å². The lowest BCUT2D eigenvalue weighted by atomic mass is 10.1. The third kappa shape index (κ3) is 3.69. The van der Waals surface area contributed by atoms with Crippen LogP contribution < -0.4 is 10.6 Å². The van der Waals surface area contributed by atoms with Crippen LogP contribution in [0.3, 0.4) is 0 Å². The minimum Gasteiger partial charge on any atom is -0.376 e. The number of carbonyl (C=O) groups is 2. The van der Waals surface area contributed by atoms with Crippen LogP contribution in [0.25, 0.3) is 0 Å². The van der Waals surface area contributed by atoms with E-state index >= 15 is 0 Å². The van der Waals surface area contributed by atoms with Gasteiger partial charge in [-0.1, -0.05) is 0 Å². The second-order valence-corrected chi connectivity index (χ2v) is 8.68. The van der Waals surface area contributed by atoms with Crippen molar-refractivity contribution in [3.8, 4) is 0 Å². The number of benzene rings is 1. The number of nitrogens with one attached hydrogen (secondary N) is 2. The lowest BCUT2D eigenvalue weighted by Gasteiger charge is -2.18. The van der Waals surface area contributed by atoms with Crippen LogP contribution in [0.1, 0.15) is 40.0 Å². The van der Waals surface area contributed by atoms with E-state index in [1.807, 2.05) is 0 Å². The normalized spacial score (nSPS) is 25.9. The Bertz CT molecular complexity index is 848. The minimum atomic E-state index is -3.95. The van der Waals surface area contributed by atoms with Gasteiger partial charge >= 0.3 is 0 Å². The van der Waals surface area contributed by atoms with Crippen molar-refractivity contribution >= 4 is 34.2 Å². The van der Waals surface area contributed by atoms with Gasteiger partial charge in [0.15, 0.2) is 0 Å². The van der Waals surface area contributed by atoms with Crippen LogP contribution in [0, 0.1) is 0 Å². The molecule has 1 aromatic rings. The molecule has 0 aliphatic carbocycles. The lowest BCUT2D eigenvalue weighted by molar-refractivity contribution is 0.0707. The Morgan fingerprint density at radius 2 is 2.15 bits per heavy atom. The van der Waals surface area contributed by atoms with Crippen LogP contribution in [0.4, 0.5) is 0 Å². The van der Waals surface area contributed by atoms with Gasteiger partial charge in [-0.15, -0.1) is 12.4 Å². The monoisotopic (exact) mass is 415 g/mol. The Hall–Kier alpha value is -1.68. The lowest BCUT2D eigenvalue weighted by Crippen LogP contribution is -2.36.